The fourth-order valence-electron chi connectivity index (χ4n) is 2.08. The number of nitrogens with one attached hydrogen (secondary N) is 1. The van der Waals surface area contributed by atoms with E-state index in [4.69, 9.17) is 9.47 Å². The van der Waals surface area contributed by atoms with Crippen LogP contribution in [0.4, 0.5) is 0 Å². The highest BCUT2D eigenvalue weighted by atomic mass is 16.5. The lowest BCUT2D eigenvalue weighted by Gasteiger charge is -2.31. The van der Waals surface area contributed by atoms with Crippen molar-refractivity contribution >= 4 is 0 Å². The van der Waals surface area contributed by atoms with Crippen molar-refractivity contribution in [2.75, 3.05) is 20.8 Å². The SMILES string of the molecule is CCC(CC)(CO)NCc1cc(OC)ccc1OC. The molecule has 0 fully saturated rings. The van der Waals surface area contributed by atoms with E-state index >= 15 is 0 Å². The molecule has 0 saturated carbocycles. The second kappa shape index (κ2) is 7.36. The van der Waals surface area contributed by atoms with Crippen LogP contribution in [0.1, 0.15) is 32.3 Å². The lowest BCUT2D eigenvalue weighted by molar-refractivity contribution is 0.149. The van der Waals surface area contributed by atoms with Crippen LogP contribution in [0.2, 0.25) is 0 Å². The molecule has 0 aromatic heterocycles. The third kappa shape index (κ3) is 3.85. The van der Waals surface area contributed by atoms with Gasteiger partial charge in [0, 0.05) is 17.6 Å². The van der Waals surface area contributed by atoms with Crippen molar-refractivity contribution in [1.82, 2.24) is 5.32 Å². The molecule has 0 aliphatic rings. The van der Waals surface area contributed by atoms with E-state index in [1.807, 2.05) is 18.2 Å². The molecular weight excluding hydrogens is 242 g/mol. The van der Waals surface area contributed by atoms with Gasteiger partial charge in [-0.1, -0.05) is 13.8 Å². The maximum Gasteiger partial charge on any atom is 0.123 e. The van der Waals surface area contributed by atoms with Gasteiger partial charge in [-0.3, -0.25) is 0 Å². The van der Waals surface area contributed by atoms with E-state index < -0.39 is 0 Å². The zero-order valence-electron chi connectivity index (χ0n) is 12.3. The minimum Gasteiger partial charge on any atom is -0.497 e. The zero-order valence-corrected chi connectivity index (χ0v) is 12.3. The van der Waals surface area contributed by atoms with Gasteiger partial charge in [0.25, 0.3) is 0 Å². The third-order valence-electron chi connectivity index (χ3n) is 3.80. The van der Waals surface area contributed by atoms with Crippen LogP contribution >= 0.6 is 0 Å². The molecule has 0 heterocycles. The van der Waals surface area contributed by atoms with Crippen molar-refractivity contribution in [2.24, 2.45) is 0 Å². The molecule has 0 amide bonds. The topological polar surface area (TPSA) is 50.7 Å². The molecule has 1 aromatic carbocycles. The second-order valence-electron chi connectivity index (χ2n) is 4.68. The number of ether oxygens (including phenoxy) is 2. The van der Waals surface area contributed by atoms with Gasteiger partial charge >= 0.3 is 0 Å². The Hall–Kier alpha value is -1.26. The highest BCUT2D eigenvalue weighted by Crippen LogP contribution is 2.25. The van der Waals surface area contributed by atoms with Crippen LogP contribution in [0.25, 0.3) is 0 Å². The van der Waals surface area contributed by atoms with Crippen LogP contribution in [0.5, 0.6) is 11.5 Å². The molecule has 0 aliphatic carbocycles. The summed E-state index contributed by atoms with van der Waals surface area (Å²) in [5, 5.41) is 13.0. The predicted octanol–water partition coefficient (Wildman–Crippen LogP) is 2.34. The largest absolute Gasteiger partial charge is 0.497 e. The van der Waals surface area contributed by atoms with E-state index in [-0.39, 0.29) is 12.1 Å². The first-order chi connectivity index (χ1) is 9.14. The molecule has 0 saturated heterocycles. The minimum absolute atomic E-state index is 0.131. The quantitative estimate of drug-likeness (QED) is 0.759. The summed E-state index contributed by atoms with van der Waals surface area (Å²) in [6.07, 6.45) is 1.76. The van der Waals surface area contributed by atoms with E-state index in [0.29, 0.717) is 6.54 Å². The van der Waals surface area contributed by atoms with Gasteiger partial charge in [0.1, 0.15) is 11.5 Å². The standard InChI is InChI=1S/C15H25NO3/c1-5-15(6-2,11-17)16-10-12-9-13(18-3)7-8-14(12)19-4/h7-9,16-17H,5-6,10-11H2,1-4H3. The zero-order chi connectivity index (χ0) is 14.3. The first-order valence-corrected chi connectivity index (χ1v) is 6.71. The smallest absolute Gasteiger partial charge is 0.123 e. The van der Waals surface area contributed by atoms with Crippen LogP contribution in [-0.2, 0) is 6.54 Å². The summed E-state index contributed by atoms with van der Waals surface area (Å²) in [7, 11) is 3.30. The second-order valence-corrected chi connectivity index (χ2v) is 4.68. The summed E-state index contributed by atoms with van der Waals surface area (Å²) >= 11 is 0. The van der Waals surface area contributed by atoms with Crippen molar-refractivity contribution in [3.63, 3.8) is 0 Å². The maximum atomic E-state index is 9.56. The highest BCUT2D eigenvalue weighted by molar-refractivity contribution is 5.40. The monoisotopic (exact) mass is 267 g/mol. The molecule has 2 N–H and O–H groups in total. The molecule has 0 unspecified atom stereocenters. The molecule has 4 nitrogen and oxygen atoms in total. The van der Waals surface area contributed by atoms with E-state index in [1.54, 1.807) is 14.2 Å². The third-order valence-corrected chi connectivity index (χ3v) is 3.80. The first kappa shape index (κ1) is 15.8. The van der Waals surface area contributed by atoms with Crippen LogP contribution < -0.4 is 14.8 Å². The van der Waals surface area contributed by atoms with Crippen molar-refractivity contribution in [2.45, 2.75) is 38.8 Å². The van der Waals surface area contributed by atoms with Gasteiger partial charge in [0.15, 0.2) is 0 Å². The fraction of sp³-hybridized carbons (Fsp3) is 0.600. The number of aliphatic hydroxyl groups is 1. The molecule has 4 heteroatoms. The van der Waals surface area contributed by atoms with Gasteiger partial charge in [-0.15, -0.1) is 0 Å². The molecule has 1 aromatic rings. The number of methoxy groups -OCH3 is 2. The lowest BCUT2D eigenvalue weighted by Crippen LogP contribution is -2.47. The molecule has 108 valence electrons. The minimum atomic E-state index is -0.228. The van der Waals surface area contributed by atoms with E-state index in [0.717, 1.165) is 29.9 Å². The first-order valence-electron chi connectivity index (χ1n) is 6.71. The Bertz CT molecular complexity index is 381. The number of aliphatic hydroxyl groups excluding tert-OH is 1. The average molecular weight is 267 g/mol. The predicted molar refractivity (Wildman–Crippen MR) is 76.8 cm³/mol. The van der Waals surface area contributed by atoms with Crippen molar-refractivity contribution in [3.05, 3.63) is 23.8 Å². The number of rotatable bonds is 8. The number of hydrogen-bond acceptors (Lipinski definition) is 4. The Morgan fingerprint density at radius 2 is 1.84 bits per heavy atom. The van der Waals surface area contributed by atoms with Crippen LogP contribution in [-0.4, -0.2) is 31.5 Å². The molecule has 1 rings (SSSR count). The molecular formula is C15H25NO3. The molecule has 0 bridgehead atoms. The molecule has 19 heavy (non-hydrogen) atoms. The van der Waals surface area contributed by atoms with E-state index in [9.17, 15) is 5.11 Å². The Kier molecular flexibility index (Phi) is 6.12. The van der Waals surface area contributed by atoms with Crippen molar-refractivity contribution in [3.8, 4) is 11.5 Å². The molecule has 0 radical (unpaired) electrons. The molecule has 0 aliphatic heterocycles. The van der Waals surface area contributed by atoms with Crippen LogP contribution in [0.3, 0.4) is 0 Å². The maximum absolute atomic E-state index is 9.56. The van der Waals surface area contributed by atoms with Gasteiger partial charge in [-0.2, -0.15) is 0 Å². The van der Waals surface area contributed by atoms with Gasteiger partial charge in [-0.05, 0) is 31.0 Å². The van der Waals surface area contributed by atoms with Crippen LogP contribution in [0.15, 0.2) is 18.2 Å². The Morgan fingerprint density at radius 1 is 1.16 bits per heavy atom. The summed E-state index contributed by atoms with van der Waals surface area (Å²) < 4.78 is 10.6. The Balaban J connectivity index is 2.86. The van der Waals surface area contributed by atoms with Gasteiger partial charge in [-0.25, -0.2) is 0 Å². The number of hydrogen-bond donors (Lipinski definition) is 2. The van der Waals surface area contributed by atoms with E-state index in [1.165, 1.54) is 0 Å². The van der Waals surface area contributed by atoms with Gasteiger partial charge in [0.2, 0.25) is 0 Å². The summed E-state index contributed by atoms with van der Waals surface area (Å²) in [6, 6.07) is 5.73. The lowest BCUT2D eigenvalue weighted by atomic mass is 9.93. The van der Waals surface area contributed by atoms with Gasteiger partial charge in [0.05, 0.1) is 20.8 Å². The van der Waals surface area contributed by atoms with Crippen molar-refractivity contribution in [1.29, 1.82) is 0 Å². The van der Waals surface area contributed by atoms with Crippen molar-refractivity contribution < 1.29 is 14.6 Å². The highest BCUT2D eigenvalue weighted by Gasteiger charge is 2.24. The molecule has 0 spiro atoms. The normalized spacial score (nSPS) is 11.4. The Labute approximate surface area is 115 Å². The molecule has 0 atom stereocenters. The average Bonchev–Trinajstić information content (AvgIpc) is 2.49. The summed E-state index contributed by atoms with van der Waals surface area (Å²) in [4.78, 5) is 0. The Morgan fingerprint density at radius 3 is 2.32 bits per heavy atom. The van der Waals surface area contributed by atoms with Crippen LogP contribution in [0, 0.1) is 0 Å². The fourth-order valence-corrected chi connectivity index (χ4v) is 2.08. The summed E-state index contributed by atoms with van der Waals surface area (Å²) in [5.41, 5.74) is 0.801. The summed E-state index contributed by atoms with van der Waals surface area (Å²) in [6.45, 7) is 4.93. The van der Waals surface area contributed by atoms with E-state index in [2.05, 4.69) is 19.2 Å². The number of benzene rings is 1. The van der Waals surface area contributed by atoms with Gasteiger partial charge < -0.3 is 19.9 Å². The summed E-state index contributed by atoms with van der Waals surface area (Å²) in [5.74, 6) is 1.63.